The maximum atomic E-state index is 5.56. The molecule has 0 saturated heterocycles. The highest BCUT2D eigenvalue weighted by molar-refractivity contribution is 5.64. The minimum absolute atomic E-state index is 0.556. The molecule has 0 radical (unpaired) electrons. The van der Waals surface area contributed by atoms with Gasteiger partial charge in [-0.05, 0) is 24.3 Å². The summed E-state index contributed by atoms with van der Waals surface area (Å²) >= 11 is 0. The van der Waals surface area contributed by atoms with Crippen molar-refractivity contribution in [3.05, 3.63) is 30.5 Å². The number of hydrogen-bond acceptors (Lipinski definition) is 6. The van der Waals surface area contributed by atoms with E-state index in [4.69, 9.17) is 15.2 Å². The molecule has 6 nitrogen and oxygen atoms in total. The summed E-state index contributed by atoms with van der Waals surface area (Å²) < 4.78 is 10.6. The van der Waals surface area contributed by atoms with Crippen LogP contribution in [0.2, 0.25) is 0 Å². The monoisotopic (exact) mass is 288 g/mol. The number of ether oxygens (including phenoxy) is 2. The summed E-state index contributed by atoms with van der Waals surface area (Å²) in [4.78, 5) is 10.7. The lowest BCUT2D eigenvalue weighted by Gasteiger charge is -2.16. The Morgan fingerprint density at radius 3 is 2.57 bits per heavy atom. The predicted octanol–water partition coefficient (Wildman–Crippen LogP) is 1.56. The van der Waals surface area contributed by atoms with Gasteiger partial charge < -0.3 is 20.1 Å². The predicted molar refractivity (Wildman–Crippen MR) is 82.9 cm³/mol. The van der Waals surface area contributed by atoms with Crippen molar-refractivity contribution in [2.75, 3.05) is 39.3 Å². The summed E-state index contributed by atoms with van der Waals surface area (Å²) in [6.07, 6.45) is 1.74. The minimum atomic E-state index is 0.556. The second-order valence-corrected chi connectivity index (χ2v) is 4.52. The fourth-order valence-corrected chi connectivity index (χ4v) is 1.98. The summed E-state index contributed by atoms with van der Waals surface area (Å²) in [6.45, 7) is 1.26. The first-order valence-corrected chi connectivity index (χ1v) is 6.66. The molecule has 1 aromatic heterocycles. The number of methoxy groups -OCH3 is 2. The molecular weight excluding hydrogens is 268 g/mol. The van der Waals surface area contributed by atoms with E-state index < -0.39 is 0 Å². The highest BCUT2D eigenvalue weighted by Crippen LogP contribution is 2.31. The first-order chi connectivity index (χ1) is 10.2. The summed E-state index contributed by atoms with van der Waals surface area (Å²) in [5, 5.41) is 0. The Labute approximate surface area is 124 Å². The van der Waals surface area contributed by atoms with Crippen molar-refractivity contribution in [2.24, 2.45) is 5.73 Å². The molecule has 112 valence electrons. The normalized spacial score (nSPS) is 10.3. The molecule has 0 unspecified atom stereocenters. The molecule has 0 spiro atoms. The van der Waals surface area contributed by atoms with Gasteiger partial charge in [-0.25, -0.2) is 9.97 Å². The van der Waals surface area contributed by atoms with E-state index in [2.05, 4.69) is 9.97 Å². The van der Waals surface area contributed by atoms with Crippen LogP contribution in [-0.4, -0.2) is 44.3 Å². The van der Waals surface area contributed by atoms with Crippen molar-refractivity contribution in [1.29, 1.82) is 0 Å². The van der Waals surface area contributed by atoms with Crippen molar-refractivity contribution in [3.63, 3.8) is 0 Å². The molecule has 0 aliphatic carbocycles. The van der Waals surface area contributed by atoms with Crippen LogP contribution in [0.5, 0.6) is 11.5 Å². The maximum absolute atomic E-state index is 5.56. The Kier molecular flexibility index (Phi) is 4.94. The smallest absolute Gasteiger partial charge is 0.225 e. The van der Waals surface area contributed by atoms with E-state index in [0.717, 1.165) is 11.3 Å². The summed E-state index contributed by atoms with van der Waals surface area (Å²) in [5.41, 5.74) is 7.32. The van der Waals surface area contributed by atoms with Crippen molar-refractivity contribution in [1.82, 2.24) is 9.97 Å². The third-order valence-electron chi connectivity index (χ3n) is 3.13. The maximum Gasteiger partial charge on any atom is 0.225 e. The van der Waals surface area contributed by atoms with Crippen molar-refractivity contribution in [2.45, 2.75) is 0 Å². The molecule has 1 heterocycles. The van der Waals surface area contributed by atoms with E-state index >= 15 is 0 Å². The molecule has 0 aliphatic heterocycles. The SMILES string of the molecule is COc1ccc(-c2ccnc(N(C)CCN)n2)cc1OC. The highest BCUT2D eigenvalue weighted by atomic mass is 16.5. The first-order valence-electron chi connectivity index (χ1n) is 6.66. The molecule has 2 rings (SSSR count). The average Bonchev–Trinajstić information content (AvgIpc) is 2.54. The van der Waals surface area contributed by atoms with E-state index in [0.29, 0.717) is 30.5 Å². The van der Waals surface area contributed by atoms with Gasteiger partial charge in [0.15, 0.2) is 11.5 Å². The molecule has 0 saturated carbocycles. The van der Waals surface area contributed by atoms with Crippen LogP contribution < -0.4 is 20.1 Å². The number of likely N-dealkylation sites (N-methyl/N-ethyl adjacent to an activating group) is 1. The highest BCUT2D eigenvalue weighted by Gasteiger charge is 2.09. The van der Waals surface area contributed by atoms with Gasteiger partial charge in [0.05, 0.1) is 19.9 Å². The molecule has 1 aromatic carbocycles. The fraction of sp³-hybridized carbons (Fsp3) is 0.333. The third kappa shape index (κ3) is 3.41. The quantitative estimate of drug-likeness (QED) is 0.869. The van der Waals surface area contributed by atoms with Crippen LogP contribution >= 0.6 is 0 Å². The molecule has 6 heteroatoms. The Morgan fingerprint density at radius 2 is 1.90 bits per heavy atom. The van der Waals surface area contributed by atoms with Gasteiger partial charge in [-0.15, -0.1) is 0 Å². The fourth-order valence-electron chi connectivity index (χ4n) is 1.98. The molecule has 0 bridgehead atoms. The summed E-state index contributed by atoms with van der Waals surface area (Å²) in [5.74, 6) is 2.01. The Morgan fingerprint density at radius 1 is 1.14 bits per heavy atom. The zero-order valence-electron chi connectivity index (χ0n) is 12.5. The number of nitrogens with zero attached hydrogens (tertiary/aromatic N) is 3. The standard InChI is InChI=1S/C15H20N4O2/c1-19(9-7-16)15-17-8-6-12(18-15)11-4-5-13(20-2)14(10-11)21-3/h4-6,8,10H,7,9,16H2,1-3H3. The van der Waals surface area contributed by atoms with Crippen molar-refractivity contribution < 1.29 is 9.47 Å². The lowest BCUT2D eigenvalue weighted by Crippen LogP contribution is -2.26. The van der Waals surface area contributed by atoms with Gasteiger partial charge in [0.25, 0.3) is 0 Å². The first kappa shape index (κ1) is 15.1. The molecule has 0 amide bonds. The van der Waals surface area contributed by atoms with Gasteiger partial charge in [-0.1, -0.05) is 0 Å². The second-order valence-electron chi connectivity index (χ2n) is 4.52. The lowest BCUT2D eigenvalue weighted by molar-refractivity contribution is 0.355. The molecule has 0 aliphatic rings. The van der Waals surface area contributed by atoms with Gasteiger partial charge in [0.1, 0.15) is 0 Å². The van der Waals surface area contributed by atoms with E-state index in [9.17, 15) is 0 Å². The number of rotatable bonds is 6. The minimum Gasteiger partial charge on any atom is -0.493 e. The molecule has 0 atom stereocenters. The number of hydrogen-bond donors (Lipinski definition) is 1. The molecule has 2 aromatic rings. The summed E-state index contributed by atoms with van der Waals surface area (Å²) in [6, 6.07) is 7.56. The van der Waals surface area contributed by atoms with Gasteiger partial charge in [-0.3, -0.25) is 0 Å². The number of anilines is 1. The number of aromatic nitrogens is 2. The van der Waals surface area contributed by atoms with Crippen LogP contribution in [0, 0.1) is 0 Å². The molecular formula is C15H20N4O2. The van der Waals surface area contributed by atoms with E-state index in [1.807, 2.05) is 36.2 Å². The molecule has 0 fully saturated rings. The van der Waals surface area contributed by atoms with Crippen LogP contribution in [-0.2, 0) is 0 Å². The average molecular weight is 288 g/mol. The van der Waals surface area contributed by atoms with E-state index in [-0.39, 0.29) is 0 Å². The van der Waals surface area contributed by atoms with Gasteiger partial charge in [-0.2, -0.15) is 0 Å². The van der Waals surface area contributed by atoms with Crippen LogP contribution in [0.3, 0.4) is 0 Å². The topological polar surface area (TPSA) is 73.5 Å². The Balaban J connectivity index is 2.36. The van der Waals surface area contributed by atoms with Crippen molar-refractivity contribution >= 4 is 5.95 Å². The van der Waals surface area contributed by atoms with Crippen LogP contribution in [0.4, 0.5) is 5.95 Å². The number of benzene rings is 1. The summed E-state index contributed by atoms with van der Waals surface area (Å²) in [7, 11) is 5.14. The van der Waals surface area contributed by atoms with Crippen LogP contribution in [0.1, 0.15) is 0 Å². The second kappa shape index (κ2) is 6.90. The Hall–Kier alpha value is -2.34. The van der Waals surface area contributed by atoms with E-state index in [1.165, 1.54) is 0 Å². The Bertz CT molecular complexity index is 604. The zero-order chi connectivity index (χ0) is 15.2. The van der Waals surface area contributed by atoms with Gasteiger partial charge in [0.2, 0.25) is 5.95 Å². The van der Waals surface area contributed by atoms with E-state index in [1.54, 1.807) is 20.4 Å². The molecule has 2 N–H and O–H groups in total. The largest absolute Gasteiger partial charge is 0.493 e. The van der Waals surface area contributed by atoms with Crippen molar-refractivity contribution in [3.8, 4) is 22.8 Å². The van der Waals surface area contributed by atoms with Gasteiger partial charge in [0, 0.05) is 31.9 Å². The van der Waals surface area contributed by atoms with Gasteiger partial charge >= 0.3 is 0 Å². The lowest BCUT2D eigenvalue weighted by atomic mass is 10.1. The molecule has 21 heavy (non-hydrogen) atoms. The zero-order valence-corrected chi connectivity index (χ0v) is 12.5. The third-order valence-corrected chi connectivity index (χ3v) is 3.13. The number of nitrogens with two attached hydrogens (primary N) is 1. The van der Waals surface area contributed by atoms with Crippen LogP contribution in [0.15, 0.2) is 30.5 Å². The van der Waals surface area contributed by atoms with Crippen LogP contribution in [0.25, 0.3) is 11.3 Å².